The zero-order valence-corrected chi connectivity index (χ0v) is 34.9. The third kappa shape index (κ3) is 25.4. The highest BCUT2D eigenvalue weighted by atomic mass is 16.7. The van der Waals surface area contributed by atoms with E-state index >= 15 is 0 Å². The summed E-state index contributed by atoms with van der Waals surface area (Å²) in [5.74, 6) is -0.255. The minimum atomic E-state index is -1.60. The molecule has 10 nitrogen and oxygen atoms in total. The lowest BCUT2D eigenvalue weighted by Gasteiger charge is -2.40. The van der Waals surface area contributed by atoms with Crippen molar-refractivity contribution in [3.05, 3.63) is 0 Å². The van der Waals surface area contributed by atoms with Crippen LogP contribution in [0.15, 0.2) is 0 Å². The number of hydrogen-bond acceptors (Lipinski definition) is 9. The third-order valence-electron chi connectivity index (χ3n) is 11.3. The molecule has 0 aromatic carbocycles. The molecule has 1 saturated heterocycles. The Bertz CT molecular complexity index is 834. The van der Waals surface area contributed by atoms with E-state index in [0.717, 1.165) is 44.9 Å². The number of rotatable bonds is 38. The molecule has 7 N–H and O–H groups in total. The molecule has 0 radical (unpaired) electrons. The van der Waals surface area contributed by atoms with Crippen LogP contribution < -0.4 is 5.32 Å². The van der Waals surface area contributed by atoms with Crippen molar-refractivity contribution < 1.29 is 44.9 Å². The van der Waals surface area contributed by atoms with Crippen LogP contribution in [0.3, 0.4) is 0 Å². The van der Waals surface area contributed by atoms with E-state index in [4.69, 9.17) is 9.47 Å². The van der Waals surface area contributed by atoms with Crippen molar-refractivity contribution >= 4 is 5.91 Å². The Morgan fingerprint density at radius 3 is 1.37 bits per heavy atom. The molecule has 1 rings (SSSR count). The second-order valence-electron chi connectivity index (χ2n) is 16.3. The second-order valence-corrected chi connectivity index (χ2v) is 16.3. The zero-order valence-electron chi connectivity index (χ0n) is 34.9. The summed E-state index contributed by atoms with van der Waals surface area (Å²) in [6.07, 6.45) is 26.9. The van der Waals surface area contributed by atoms with Crippen LogP contribution >= 0.6 is 0 Å². The van der Waals surface area contributed by atoms with Gasteiger partial charge in [-0.2, -0.15) is 0 Å². The number of nitrogens with one attached hydrogen (secondary N) is 1. The molecule has 54 heavy (non-hydrogen) atoms. The van der Waals surface area contributed by atoms with Gasteiger partial charge in [0.1, 0.15) is 30.5 Å². The molecule has 1 aliphatic heterocycles. The summed E-state index contributed by atoms with van der Waals surface area (Å²) in [5, 5.41) is 65.0. The van der Waals surface area contributed by atoms with Crippen LogP contribution in [0.2, 0.25) is 0 Å². The number of amides is 1. The molecule has 1 amide bonds. The highest BCUT2D eigenvalue weighted by molar-refractivity contribution is 5.76. The first-order chi connectivity index (χ1) is 26.3. The second kappa shape index (κ2) is 35.3. The Kier molecular flexibility index (Phi) is 33.5. The van der Waals surface area contributed by atoms with E-state index in [0.29, 0.717) is 6.42 Å². The van der Waals surface area contributed by atoms with E-state index in [1.807, 2.05) is 0 Å². The van der Waals surface area contributed by atoms with Gasteiger partial charge in [0.2, 0.25) is 5.91 Å². The van der Waals surface area contributed by atoms with Gasteiger partial charge in [-0.15, -0.1) is 0 Å². The van der Waals surface area contributed by atoms with Crippen LogP contribution in [0.5, 0.6) is 0 Å². The number of aliphatic hydroxyl groups is 6. The summed E-state index contributed by atoms with van der Waals surface area (Å²) in [7, 11) is 0. The van der Waals surface area contributed by atoms with Crippen molar-refractivity contribution in [3.63, 3.8) is 0 Å². The lowest BCUT2D eigenvalue weighted by molar-refractivity contribution is -0.303. The van der Waals surface area contributed by atoms with E-state index in [1.165, 1.54) is 141 Å². The van der Waals surface area contributed by atoms with E-state index in [2.05, 4.69) is 19.2 Å². The maximum Gasteiger partial charge on any atom is 0.220 e. The van der Waals surface area contributed by atoms with E-state index in [-0.39, 0.29) is 18.9 Å². The van der Waals surface area contributed by atoms with Gasteiger partial charge in [0, 0.05) is 6.42 Å². The zero-order chi connectivity index (χ0) is 39.7. The van der Waals surface area contributed by atoms with E-state index in [9.17, 15) is 35.4 Å². The average molecular weight is 774 g/mol. The predicted molar refractivity (Wildman–Crippen MR) is 218 cm³/mol. The number of carbonyl (C=O) groups is 1. The molecule has 2 unspecified atom stereocenters. The molecular weight excluding hydrogens is 686 g/mol. The molecule has 0 spiro atoms. The average Bonchev–Trinajstić information content (AvgIpc) is 3.17. The smallest absolute Gasteiger partial charge is 0.220 e. The van der Waals surface area contributed by atoms with Crippen LogP contribution in [-0.2, 0) is 14.3 Å². The van der Waals surface area contributed by atoms with Crippen LogP contribution in [0.25, 0.3) is 0 Å². The highest BCUT2D eigenvalue weighted by Crippen LogP contribution is 2.23. The molecule has 10 heteroatoms. The molecule has 8 atom stereocenters. The lowest BCUT2D eigenvalue weighted by Crippen LogP contribution is -2.60. The Morgan fingerprint density at radius 1 is 0.574 bits per heavy atom. The van der Waals surface area contributed by atoms with Gasteiger partial charge in [-0.1, -0.05) is 194 Å². The fraction of sp³-hybridized carbons (Fsp3) is 0.977. The maximum absolute atomic E-state index is 13.0. The molecule has 0 saturated carbocycles. The van der Waals surface area contributed by atoms with Crippen molar-refractivity contribution in [2.45, 2.75) is 262 Å². The molecule has 1 aliphatic rings. The van der Waals surface area contributed by atoms with Crippen molar-refractivity contribution in [2.75, 3.05) is 13.2 Å². The van der Waals surface area contributed by atoms with Gasteiger partial charge in [-0.25, -0.2) is 0 Å². The largest absolute Gasteiger partial charge is 0.394 e. The first-order valence-electron chi connectivity index (χ1n) is 22.8. The Morgan fingerprint density at radius 2 is 0.963 bits per heavy atom. The summed E-state index contributed by atoms with van der Waals surface area (Å²) in [5.41, 5.74) is 0. The molecule has 0 bridgehead atoms. The van der Waals surface area contributed by atoms with Crippen LogP contribution in [0, 0.1) is 0 Å². The van der Waals surface area contributed by atoms with Gasteiger partial charge < -0.3 is 45.4 Å². The van der Waals surface area contributed by atoms with Crippen molar-refractivity contribution in [3.8, 4) is 0 Å². The summed E-state index contributed by atoms with van der Waals surface area (Å²) in [6, 6.07) is -0.983. The molecule has 1 heterocycles. The van der Waals surface area contributed by atoms with E-state index < -0.39 is 55.6 Å². The molecule has 0 aromatic heterocycles. The van der Waals surface area contributed by atoms with Crippen molar-refractivity contribution in [1.29, 1.82) is 0 Å². The number of aliphatic hydroxyl groups excluding tert-OH is 6. The van der Waals surface area contributed by atoms with Gasteiger partial charge in [-0.05, 0) is 12.8 Å². The highest BCUT2D eigenvalue weighted by Gasteiger charge is 2.44. The predicted octanol–water partition coefficient (Wildman–Crippen LogP) is 8.14. The number of carbonyl (C=O) groups excluding carboxylic acids is 1. The molecular formula is C44H87NO9. The first-order valence-corrected chi connectivity index (χ1v) is 22.8. The number of unbranched alkanes of at least 4 members (excludes halogenated alkanes) is 27. The Labute approximate surface area is 330 Å². The van der Waals surface area contributed by atoms with Crippen molar-refractivity contribution in [2.24, 2.45) is 0 Å². The van der Waals surface area contributed by atoms with Crippen LogP contribution in [0.4, 0.5) is 0 Å². The van der Waals surface area contributed by atoms with Gasteiger partial charge in [0.05, 0.1) is 25.4 Å². The summed E-state index contributed by atoms with van der Waals surface area (Å²) in [4.78, 5) is 13.0. The Hall–Kier alpha value is -0.850. The van der Waals surface area contributed by atoms with E-state index in [1.54, 1.807) is 0 Å². The topological polar surface area (TPSA) is 169 Å². The molecule has 1 fully saturated rings. The lowest BCUT2D eigenvalue weighted by atomic mass is 9.98. The number of ether oxygens (including phenoxy) is 2. The Balaban J connectivity index is 2.34. The molecule has 0 aromatic rings. The van der Waals surface area contributed by atoms with Crippen LogP contribution in [0.1, 0.15) is 213 Å². The first kappa shape index (κ1) is 51.2. The minimum absolute atomic E-state index is 0.255. The fourth-order valence-corrected chi connectivity index (χ4v) is 7.55. The standard InChI is InChI=1S/C44H87NO9/c1-3-5-7-9-11-13-15-16-17-18-19-20-21-22-23-25-27-29-31-33-39(48)45-36(35-53-44-43(52)42(51)41(50)38(34-46)54-44)40(49)37(47)32-30-28-26-24-14-12-10-8-6-4-2/h36-38,40-44,46-47,49-52H,3-35H2,1-2H3,(H,45,48)/t36-,37+,38+,40-,41+,42?,43?,44+/m0/s1. The molecule has 322 valence electrons. The fourth-order valence-electron chi connectivity index (χ4n) is 7.55. The number of hydrogen-bond donors (Lipinski definition) is 7. The quantitative estimate of drug-likeness (QED) is 0.0306. The summed E-state index contributed by atoms with van der Waals surface area (Å²) < 4.78 is 11.1. The third-order valence-corrected chi connectivity index (χ3v) is 11.3. The van der Waals surface area contributed by atoms with Crippen LogP contribution in [-0.4, -0.2) is 98.7 Å². The van der Waals surface area contributed by atoms with Crippen molar-refractivity contribution in [1.82, 2.24) is 5.32 Å². The molecule has 0 aliphatic carbocycles. The van der Waals surface area contributed by atoms with Gasteiger partial charge in [0.25, 0.3) is 0 Å². The monoisotopic (exact) mass is 774 g/mol. The van der Waals surface area contributed by atoms with Gasteiger partial charge >= 0.3 is 0 Å². The SMILES string of the molecule is CCCCCCCCCCCCCCCCCCCCCC(=O)N[C@@H](CO[C@@H]1O[C@H](CO)[C@@H](O)C(O)C1O)[C@H](O)[C@H](O)CCCCCCCCCCCC. The van der Waals surface area contributed by atoms with Gasteiger partial charge in [0.15, 0.2) is 6.29 Å². The minimum Gasteiger partial charge on any atom is -0.394 e. The maximum atomic E-state index is 13.0. The van der Waals surface area contributed by atoms with Gasteiger partial charge in [-0.3, -0.25) is 4.79 Å². The summed E-state index contributed by atoms with van der Waals surface area (Å²) in [6.45, 7) is 3.60. The normalized spacial score (nSPS) is 22.0. The summed E-state index contributed by atoms with van der Waals surface area (Å²) >= 11 is 0.